The molecule has 0 radical (unpaired) electrons. The lowest BCUT2D eigenvalue weighted by atomic mass is 9.95. The van der Waals surface area contributed by atoms with Gasteiger partial charge in [0.2, 0.25) is 0 Å². The van der Waals surface area contributed by atoms with E-state index in [-0.39, 0.29) is 42.9 Å². The third-order valence-electron chi connectivity index (χ3n) is 1.15. The molecule has 0 aliphatic rings. The molecule has 0 spiro atoms. The first-order valence-corrected chi connectivity index (χ1v) is 2.51. The van der Waals surface area contributed by atoms with Gasteiger partial charge in [0.15, 0.2) is 0 Å². The highest BCUT2D eigenvalue weighted by molar-refractivity contribution is 5.75. The molecule has 0 heterocycles. The first kappa shape index (κ1) is 12.3. The fourth-order valence-electron chi connectivity index (χ4n) is 0.150. The summed E-state index contributed by atoms with van der Waals surface area (Å²) in [4.78, 5) is 0. The van der Waals surface area contributed by atoms with Crippen LogP contribution in [0.25, 0.3) is 0 Å². The molecule has 54 valence electrons. The number of aliphatic hydroxyl groups is 3. The summed E-state index contributed by atoms with van der Waals surface area (Å²) in [6, 6.07) is 0. The van der Waals surface area contributed by atoms with Gasteiger partial charge in [0.1, 0.15) is 0 Å². The maximum absolute atomic E-state index is 8.47. The van der Waals surface area contributed by atoms with Crippen LogP contribution in [0.1, 0.15) is 6.92 Å². The topological polar surface area (TPSA) is 60.7 Å². The smallest absolute Gasteiger partial charge is 0.316 e. The van der Waals surface area contributed by atoms with Crippen LogP contribution in [0, 0.1) is 5.41 Å². The second-order valence-electron chi connectivity index (χ2n) is 2.29. The Labute approximate surface area is 70.9 Å². The van der Waals surface area contributed by atoms with Crippen molar-refractivity contribution in [2.75, 3.05) is 19.8 Å². The summed E-state index contributed by atoms with van der Waals surface area (Å²) in [6.07, 6.45) is 0. The first-order chi connectivity index (χ1) is 3.68. The molecular formula is C5H14MgO3. The third kappa shape index (κ3) is 4.10. The van der Waals surface area contributed by atoms with Gasteiger partial charge < -0.3 is 15.3 Å². The Morgan fingerprint density at radius 3 is 1.22 bits per heavy atom. The van der Waals surface area contributed by atoms with E-state index in [0.717, 1.165) is 0 Å². The van der Waals surface area contributed by atoms with Crippen molar-refractivity contribution >= 4 is 23.1 Å². The van der Waals surface area contributed by atoms with E-state index in [1.165, 1.54) is 0 Å². The van der Waals surface area contributed by atoms with Crippen molar-refractivity contribution in [3.05, 3.63) is 0 Å². The molecule has 0 atom stereocenters. The largest absolute Gasteiger partial charge is 0.396 e. The van der Waals surface area contributed by atoms with Gasteiger partial charge in [0.05, 0.1) is 19.8 Å². The van der Waals surface area contributed by atoms with Crippen LogP contribution in [-0.2, 0) is 0 Å². The summed E-state index contributed by atoms with van der Waals surface area (Å²) >= 11 is 0. The van der Waals surface area contributed by atoms with Gasteiger partial charge in [-0.05, 0) is 0 Å². The Bertz CT molecular complexity index is 55.0. The number of hydrogen-bond donors (Lipinski definition) is 3. The summed E-state index contributed by atoms with van der Waals surface area (Å²) in [5, 5.41) is 25.4. The zero-order valence-corrected chi connectivity index (χ0v) is 4.96. The van der Waals surface area contributed by atoms with Crippen LogP contribution in [0.5, 0.6) is 0 Å². The summed E-state index contributed by atoms with van der Waals surface area (Å²) < 4.78 is 0. The van der Waals surface area contributed by atoms with Gasteiger partial charge >= 0.3 is 23.1 Å². The standard InChI is InChI=1S/C5H12O3.Mg.2H/c1-5(2-6,3-7)4-8;;;/h6-8H,2-4H2,1H3;;;. The molecule has 0 aliphatic heterocycles. The van der Waals surface area contributed by atoms with Crippen molar-refractivity contribution in [2.24, 2.45) is 5.41 Å². The molecule has 0 amide bonds. The monoisotopic (exact) mass is 146 g/mol. The Balaban J connectivity index is 0. The fourth-order valence-corrected chi connectivity index (χ4v) is 0.150. The van der Waals surface area contributed by atoms with E-state index in [1.807, 2.05) is 0 Å². The molecule has 0 saturated carbocycles. The predicted octanol–water partition coefficient (Wildman–Crippen LogP) is -1.95. The van der Waals surface area contributed by atoms with Crippen LogP contribution in [0.15, 0.2) is 0 Å². The van der Waals surface area contributed by atoms with Crippen LogP contribution in [0.3, 0.4) is 0 Å². The minimum Gasteiger partial charge on any atom is -0.396 e. The normalized spacial score (nSPS) is 10.7. The van der Waals surface area contributed by atoms with Crippen molar-refractivity contribution in [3.8, 4) is 0 Å². The van der Waals surface area contributed by atoms with Crippen LogP contribution in [-0.4, -0.2) is 58.2 Å². The lowest BCUT2D eigenvalue weighted by Gasteiger charge is -2.20. The molecule has 0 aromatic heterocycles. The second kappa shape index (κ2) is 5.43. The Morgan fingerprint density at radius 1 is 1.00 bits per heavy atom. The molecule has 9 heavy (non-hydrogen) atoms. The summed E-state index contributed by atoms with van der Waals surface area (Å²) in [7, 11) is 0. The molecular weight excluding hydrogens is 132 g/mol. The quantitative estimate of drug-likeness (QED) is 0.406. The second-order valence-corrected chi connectivity index (χ2v) is 2.29. The van der Waals surface area contributed by atoms with E-state index >= 15 is 0 Å². The highest BCUT2D eigenvalue weighted by Gasteiger charge is 2.20. The van der Waals surface area contributed by atoms with Crippen LogP contribution < -0.4 is 0 Å². The first-order valence-electron chi connectivity index (χ1n) is 2.51. The number of rotatable bonds is 3. The average Bonchev–Trinajstić information content (AvgIpc) is 1.87. The fraction of sp³-hybridized carbons (Fsp3) is 1.00. The Morgan fingerprint density at radius 2 is 1.22 bits per heavy atom. The molecule has 3 nitrogen and oxygen atoms in total. The van der Waals surface area contributed by atoms with Gasteiger partial charge in [-0.3, -0.25) is 0 Å². The van der Waals surface area contributed by atoms with E-state index in [2.05, 4.69) is 0 Å². The van der Waals surface area contributed by atoms with E-state index in [0.29, 0.717) is 0 Å². The van der Waals surface area contributed by atoms with Gasteiger partial charge in [0, 0.05) is 5.41 Å². The van der Waals surface area contributed by atoms with E-state index in [9.17, 15) is 0 Å². The molecule has 0 saturated heterocycles. The molecule has 3 N–H and O–H groups in total. The van der Waals surface area contributed by atoms with Crippen molar-refractivity contribution in [1.82, 2.24) is 0 Å². The predicted molar refractivity (Wildman–Crippen MR) is 37.9 cm³/mol. The van der Waals surface area contributed by atoms with Gasteiger partial charge in [0.25, 0.3) is 0 Å². The minimum atomic E-state index is -0.708. The summed E-state index contributed by atoms with van der Waals surface area (Å²) in [5.74, 6) is 0. The highest BCUT2D eigenvalue weighted by Crippen LogP contribution is 2.10. The van der Waals surface area contributed by atoms with Crippen LogP contribution in [0.2, 0.25) is 0 Å². The molecule has 0 aromatic carbocycles. The number of aliphatic hydroxyl groups excluding tert-OH is 3. The molecule has 0 rings (SSSR count). The van der Waals surface area contributed by atoms with Gasteiger partial charge in [-0.25, -0.2) is 0 Å². The zero-order chi connectivity index (χ0) is 6.62. The van der Waals surface area contributed by atoms with E-state index in [1.54, 1.807) is 6.92 Å². The van der Waals surface area contributed by atoms with Gasteiger partial charge in [-0.15, -0.1) is 0 Å². The molecule has 0 unspecified atom stereocenters. The minimum absolute atomic E-state index is 0. The van der Waals surface area contributed by atoms with Gasteiger partial charge in [-0.2, -0.15) is 0 Å². The third-order valence-corrected chi connectivity index (χ3v) is 1.15. The molecule has 4 heteroatoms. The van der Waals surface area contributed by atoms with E-state index < -0.39 is 5.41 Å². The van der Waals surface area contributed by atoms with Gasteiger partial charge in [-0.1, -0.05) is 6.92 Å². The Hall–Kier alpha value is 0.646. The van der Waals surface area contributed by atoms with Crippen molar-refractivity contribution < 1.29 is 15.3 Å². The van der Waals surface area contributed by atoms with Crippen LogP contribution in [0.4, 0.5) is 0 Å². The van der Waals surface area contributed by atoms with Crippen molar-refractivity contribution in [2.45, 2.75) is 6.92 Å². The SMILES string of the molecule is CC(CO)(CO)CO.[MgH2]. The number of hydrogen-bond acceptors (Lipinski definition) is 3. The summed E-state index contributed by atoms with van der Waals surface area (Å²) in [6.45, 7) is 1.06. The maximum atomic E-state index is 8.47. The van der Waals surface area contributed by atoms with Crippen molar-refractivity contribution in [3.63, 3.8) is 0 Å². The summed E-state index contributed by atoms with van der Waals surface area (Å²) in [5.41, 5.74) is -0.708. The van der Waals surface area contributed by atoms with Crippen molar-refractivity contribution in [1.29, 1.82) is 0 Å². The van der Waals surface area contributed by atoms with E-state index in [4.69, 9.17) is 15.3 Å². The Kier molecular flexibility index (Phi) is 7.45. The zero-order valence-electron chi connectivity index (χ0n) is 4.96. The molecule has 0 bridgehead atoms. The maximum Gasteiger partial charge on any atom is 0.316 e. The lowest BCUT2D eigenvalue weighted by molar-refractivity contribution is 0.0200. The molecule has 0 aromatic rings. The lowest BCUT2D eigenvalue weighted by Crippen LogP contribution is -2.29. The molecule has 0 aliphatic carbocycles. The highest BCUT2D eigenvalue weighted by atomic mass is 24.3. The molecule has 0 fully saturated rings. The van der Waals surface area contributed by atoms with Crippen LogP contribution >= 0.6 is 0 Å². The average molecular weight is 146 g/mol.